The van der Waals surface area contributed by atoms with E-state index in [1.807, 2.05) is 30.3 Å². The fourth-order valence-electron chi connectivity index (χ4n) is 1.09. The third-order valence-corrected chi connectivity index (χ3v) is 2.76. The zero-order valence-corrected chi connectivity index (χ0v) is 9.47. The highest BCUT2D eigenvalue weighted by atomic mass is 32.1. The van der Waals surface area contributed by atoms with Crippen molar-refractivity contribution >= 4 is 27.4 Å². The largest absolute Gasteiger partial charge is 0.366 e. The maximum atomic E-state index is 5.34. The number of thiocarbonyl (C=S) groups is 1. The van der Waals surface area contributed by atoms with Crippen LogP contribution in [0.3, 0.4) is 0 Å². The first-order chi connectivity index (χ1) is 6.29. The number of rotatable bonds is 3. The van der Waals surface area contributed by atoms with E-state index in [-0.39, 0.29) is 0 Å². The lowest BCUT2D eigenvalue weighted by Gasteiger charge is -2.21. The summed E-state index contributed by atoms with van der Waals surface area (Å²) in [5.74, 6) is 0. The first kappa shape index (κ1) is 10.4. The zero-order chi connectivity index (χ0) is 9.68. The SMILES string of the molecule is CCN(C[Si])C(=S)c1ccccc1. The smallest absolute Gasteiger partial charge is 0.108 e. The lowest BCUT2D eigenvalue weighted by molar-refractivity contribution is 0.522. The Morgan fingerprint density at radius 1 is 1.38 bits per heavy atom. The Morgan fingerprint density at radius 3 is 2.46 bits per heavy atom. The standard InChI is InChI=1S/C10H12NSSi/c1-2-11(8-13)10(12)9-6-4-3-5-7-9/h3-7H,2,8H2,1H3. The number of benzene rings is 1. The summed E-state index contributed by atoms with van der Waals surface area (Å²) in [7, 11) is 3.46. The Labute approximate surface area is 88.2 Å². The molecule has 0 N–H and O–H groups in total. The molecular weight excluding hydrogens is 194 g/mol. The molecule has 0 heterocycles. The Balaban J connectivity index is 2.78. The molecule has 0 saturated carbocycles. The van der Waals surface area contributed by atoms with E-state index in [4.69, 9.17) is 12.2 Å². The van der Waals surface area contributed by atoms with Crippen molar-refractivity contribution in [2.24, 2.45) is 0 Å². The van der Waals surface area contributed by atoms with Crippen molar-refractivity contribution in [3.63, 3.8) is 0 Å². The van der Waals surface area contributed by atoms with Crippen molar-refractivity contribution in [2.45, 2.75) is 6.92 Å². The third kappa shape index (κ3) is 2.64. The highest BCUT2D eigenvalue weighted by molar-refractivity contribution is 7.80. The summed E-state index contributed by atoms with van der Waals surface area (Å²) >= 11 is 5.34. The van der Waals surface area contributed by atoms with Crippen molar-refractivity contribution < 1.29 is 0 Å². The molecule has 1 nitrogen and oxygen atoms in total. The highest BCUT2D eigenvalue weighted by Crippen LogP contribution is 2.04. The molecule has 0 aliphatic heterocycles. The molecule has 67 valence electrons. The minimum Gasteiger partial charge on any atom is -0.366 e. The van der Waals surface area contributed by atoms with E-state index in [0.717, 1.165) is 23.3 Å². The summed E-state index contributed by atoms with van der Waals surface area (Å²) in [5.41, 5.74) is 1.11. The van der Waals surface area contributed by atoms with Crippen molar-refractivity contribution in [1.29, 1.82) is 0 Å². The van der Waals surface area contributed by atoms with Crippen LogP contribution in [-0.2, 0) is 0 Å². The first-order valence-electron chi connectivity index (χ1n) is 4.28. The summed E-state index contributed by atoms with van der Waals surface area (Å²) in [6, 6.07) is 10.1. The van der Waals surface area contributed by atoms with Crippen LogP contribution in [0.4, 0.5) is 0 Å². The minimum atomic E-state index is 0.782. The summed E-state index contributed by atoms with van der Waals surface area (Å²) in [4.78, 5) is 3.00. The first-order valence-corrected chi connectivity index (χ1v) is 5.40. The quantitative estimate of drug-likeness (QED) is 0.548. The Bertz CT molecular complexity index is 270. The molecule has 0 saturated heterocycles. The lowest BCUT2D eigenvalue weighted by Crippen LogP contribution is -2.30. The van der Waals surface area contributed by atoms with Gasteiger partial charge in [-0.2, -0.15) is 0 Å². The van der Waals surface area contributed by atoms with E-state index < -0.39 is 0 Å². The van der Waals surface area contributed by atoms with Crippen molar-refractivity contribution in [3.8, 4) is 0 Å². The average Bonchev–Trinajstić information content (AvgIpc) is 2.21. The maximum Gasteiger partial charge on any atom is 0.108 e. The second-order valence-corrected chi connectivity index (χ2v) is 3.39. The highest BCUT2D eigenvalue weighted by Gasteiger charge is 2.05. The fourth-order valence-corrected chi connectivity index (χ4v) is 1.92. The predicted molar refractivity (Wildman–Crippen MR) is 61.1 cm³/mol. The molecule has 0 atom stereocenters. The van der Waals surface area contributed by atoms with Gasteiger partial charge in [-0.3, -0.25) is 0 Å². The number of hydrogen-bond acceptors (Lipinski definition) is 1. The second kappa shape index (κ2) is 5.14. The van der Waals surface area contributed by atoms with Crippen LogP contribution in [0.25, 0.3) is 0 Å². The topological polar surface area (TPSA) is 3.24 Å². The van der Waals surface area contributed by atoms with E-state index >= 15 is 0 Å². The van der Waals surface area contributed by atoms with Gasteiger partial charge in [-0.25, -0.2) is 0 Å². The molecule has 0 fully saturated rings. The maximum absolute atomic E-state index is 5.34. The number of hydrogen-bond donors (Lipinski definition) is 0. The van der Waals surface area contributed by atoms with Crippen molar-refractivity contribution in [3.05, 3.63) is 35.9 Å². The molecule has 1 rings (SSSR count). The summed E-state index contributed by atoms with van der Waals surface area (Å²) in [6.07, 6.45) is 0.782. The summed E-state index contributed by atoms with van der Waals surface area (Å²) in [5, 5.41) is 0. The minimum absolute atomic E-state index is 0.782. The molecule has 13 heavy (non-hydrogen) atoms. The van der Waals surface area contributed by atoms with Crippen LogP contribution in [0, 0.1) is 0 Å². The second-order valence-electron chi connectivity index (χ2n) is 2.69. The molecule has 0 aliphatic rings. The molecule has 0 aromatic heterocycles. The molecular formula is C10H12NSSi. The van der Waals surface area contributed by atoms with Crippen LogP contribution in [0.2, 0.25) is 0 Å². The van der Waals surface area contributed by atoms with Crippen LogP contribution >= 0.6 is 12.2 Å². The van der Waals surface area contributed by atoms with Crippen LogP contribution in [0.1, 0.15) is 12.5 Å². The van der Waals surface area contributed by atoms with Crippen LogP contribution in [0.15, 0.2) is 30.3 Å². The van der Waals surface area contributed by atoms with Crippen molar-refractivity contribution in [2.75, 3.05) is 12.7 Å². The lowest BCUT2D eigenvalue weighted by atomic mass is 10.2. The molecule has 0 aliphatic carbocycles. The van der Waals surface area contributed by atoms with Crippen LogP contribution in [0.5, 0.6) is 0 Å². The zero-order valence-electron chi connectivity index (χ0n) is 7.66. The normalized spacial score (nSPS) is 9.69. The predicted octanol–water partition coefficient (Wildman–Crippen LogP) is 1.81. The van der Waals surface area contributed by atoms with Gasteiger partial charge in [-0.15, -0.1) is 0 Å². The monoisotopic (exact) mass is 206 g/mol. The Hall–Kier alpha value is -0.673. The van der Waals surface area contributed by atoms with Gasteiger partial charge < -0.3 is 4.90 Å². The third-order valence-electron chi connectivity index (χ3n) is 1.88. The molecule has 3 heteroatoms. The van der Waals surface area contributed by atoms with Gasteiger partial charge in [0.1, 0.15) is 4.99 Å². The molecule has 1 aromatic rings. The van der Waals surface area contributed by atoms with Gasteiger partial charge >= 0.3 is 0 Å². The Morgan fingerprint density at radius 2 is 2.00 bits per heavy atom. The van der Waals surface area contributed by atoms with Crippen LogP contribution in [-0.4, -0.2) is 32.8 Å². The summed E-state index contributed by atoms with van der Waals surface area (Å²) in [6.45, 7) is 3.02. The summed E-state index contributed by atoms with van der Waals surface area (Å²) < 4.78 is 0. The van der Waals surface area contributed by atoms with Crippen LogP contribution < -0.4 is 0 Å². The van der Waals surface area contributed by atoms with E-state index in [9.17, 15) is 0 Å². The Kier molecular flexibility index (Phi) is 4.12. The average molecular weight is 206 g/mol. The van der Waals surface area contributed by atoms with Gasteiger partial charge in [0.2, 0.25) is 0 Å². The van der Waals surface area contributed by atoms with Crippen molar-refractivity contribution in [1.82, 2.24) is 4.90 Å². The van der Waals surface area contributed by atoms with E-state index in [1.54, 1.807) is 0 Å². The molecule has 0 unspecified atom stereocenters. The molecule has 0 amide bonds. The van der Waals surface area contributed by atoms with E-state index in [0.29, 0.717) is 0 Å². The van der Waals surface area contributed by atoms with E-state index in [1.165, 1.54) is 0 Å². The molecule has 1 aromatic carbocycles. The van der Waals surface area contributed by atoms with E-state index in [2.05, 4.69) is 22.1 Å². The van der Waals surface area contributed by atoms with Gasteiger partial charge in [-0.05, 0) is 6.92 Å². The number of nitrogens with zero attached hydrogens (tertiary/aromatic N) is 1. The van der Waals surface area contributed by atoms with Gasteiger partial charge in [-0.1, -0.05) is 42.5 Å². The molecule has 3 radical (unpaired) electrons. The fraction of sp³-hybridized carbons (Fsp3) is 0.300. The van der Waals surface area contributed by atoms with Gasteiger partial charge in [0.05, 0.1) is 10.2 Å². The molecule has 0 bridgehead atoms. The molecule has 0 spiro atoms. The van der Waals surface area contributed by atoms with Gasteiger partial charge in [0, 0.05) is 18.3 Å². The van der Waals surface area contributed by atoms with Gasteiger partial charge in [0.15, 0.2) is 0 Å². The van der Waals surface area contributed by atoms with Gasteiger partial charge in [0.25, 0.3) is 0 Å².